The third-order valence-corrected chi connectivity index (χ3v) is 5.22. The summed E-state index contributed by atoms with van der Waals surface area (Å²) in [7, 11) is -3.78. The lowest BCUT2D eigenvalue weighted by molar-refractivity contribution is 0.593. The zero-order valence-corrected chi connectivity index (χ0v) is 12.4. The van der Waals surface area contributed by atoms with Crippen LogP contribution in [0.25, 0.3) is 10.9 Å². The van der Waals surface area contributed by atoms with Crippen LogP contribution in [0.15, 0.2) is 64.5 Å². The number of nitrogen functional groups attached to an aromatic ring is 1. The molecule has 0 radical (unpaired) electrons. The van der Waals surface area contributed by atoms with E-state index < -0.39 is 9.84 Å². The molecule has 0 unspecified atom stereocenters. The highest BCUT2D eigenvalue weighted by atomic mass is 35.5. The van der Waals surface area contributed by atoms with Gasteiger partial charge in [-0.1, -0.05) is 41.9 Å². The molecule has 0 bridgehead atoms. The van der Waals surface area contributed by atoms with Gasteiger partial charge in [0.2, 0.25) is 9.84 Å². The third kappa shape index (κ3) is 2.34. The maximum Gasteiger partial charge on any atom is 0.225 e. The van der Waals surface area contributed by atoms with Gasteiger partial charge >= 0.3 is 0 Å². The van der Waals surface area contributed by atoms with Gasteiger partial charge < -0.3 is 5.73 Å². The molecule has 0 saturated heterocycles. The minimum Gasteiger partial charge on any atom is -0.397 e. The van der Waals surface area contributed by atoms with Gasteiger partial charge in [-0.25, -0.2) is 13.4 Å². The number of nitrogens with two attached hydrogens (primary N) is 1. The Morgan fingerprint density at radius 3 is 2.43 bits per heavy atom. The van der Waals surface area contributed by atoms with Gasteiger partial charge in [-0.15, -0.1) is 0 Å². The summed E-state index contributed by atoms with van der Waals surface area (Å²) < 4.78 is 25.2. The van der Waals surface area contributed by atoms with Crippen molar-refractivity contribution in [2.75, 3.05) is 5.73 Å². The topological polar surface area (TPSA) is 73.1 Å². The Labute approximate surface area is 127 Å². The highest BCUT2D eigenvalue weighted by molar-refractivity contribution is 7.91. The molecule has 0 saturated carbocycles. The van der Waals surface area contributed by atoms with Crippen LogP contribution in [0.3, 0.4) is 0 Å². The van der Waals surface area contributed by atoms with E-state index in [1.807, 2.05) is 0 Å². The fraction of sp³-hybridized carbons (Fsp3) is 0. The second-order valence-corrected chi connectivity index (χ2v) is 6.78. The first-order valence-corrected chi connectivity index (χ1v) is 8.01. The van der Waals surface area contributed by atoms with E-state index in [-0.39, 0.29) is 14.9 Å². The number of halogens is 1. The second-order valence-electron chi connectivity index (χ2n) is 4.51. The Bertz CT molecular complexity index is 925. The van der Waals surface area contributed by atoms with Crippen molar-refractivity contribution in [2.24, 2.45) is 0 Å². The molecule has 3 rings (SSSR count). The van der Waals surface area contributed by atoms with E-state index in [2.05, 4.69) is 4.98 Å². The number of hydrogen-bond donors (Lipinski definition) is 1. The number of para-hydroxylation sites is 1. The Morgan fingerprint density at radius 2 is 1.71 bits per heavy atom. The molecule has 106 valence electrons. The second kappa shape index (κ2) is 5.02. The highest BCUT2D eigenvalue weighted by Gasteiger charge is 2.23. The largest absolute Gasteiger partial charge is 0.397 e. The van der Waals surface area contributed by atoms with E-state index in [1.54, 1.807) is 42.5 Å². The number of nitrogens with zero attached hydrogens (tertiary/aromatic N) is 1. The lowest BCUT2D eigenvalue weighted by atomic mass is 10.2. The van der Waals surface area contributed by atoms with Gasteiger partial charge in [0.15, 0.2) is 5.03 Å². The lowest BCUT2D eigenvalue weighted by Crippen LogP contribution is -2.06. The van der Waals surface area contributed by atoms with Crippen LogP contribution in [0.1, 0.15) is 0 Å². The van der Waals surface area contributed by atoms with E-state index in [0.29, 0.717) is 16.6 Å². The smallest absolute Gasteiger partial charge is 0.225 e. The Morgan fingerprint density at radius 1 is 1.00 bits per heavy atom. The minimum absolute atomic E-state index is 0.0805. The van der Waals surface area contributed by atoms with Crippen molar-refractivity contribution < 1.29 is 8.42 Å². The SMILES string of the molecule is Nc1cccc2cc(Cl)c(S(=O)(=O)c3ccccc3)nc12. The summed E-state index contributed by atoms with van der Waals surface area (Å²) in [6.45, 7) is 0. The van der Waals surface area contributed by atoms with Crippen LogP contribution in [0.5, 0.6) is 0 Å². The van der Waals surface area contributed by atoms with Gasteiger partial charge in [0.05, 0.1) is 21.1 Å². The monoisotopic (exact) mass is 318 g/mol. The maximum atomic E-state index is 12.6. The number of pyridine rings is 1. The summed E-state index contributed by atoms with van der Waals surface area (Å²) in [6.07, 6.45) is 0. The molecule has 3 aromatic rings. The number of rotatable bonds is 2. The molecule has 21 heavy (non-hydrogen) atoms. The molecule has 2 aromatic carbocycles. The number of fused-ring (bicyclic) bond motifs is 1. The molecule has 1 heterocycles. The predicted molar refractivity (Wildman–Crippen MR) is 83.1 cm³/mol. The molecule has 2 N–H and O–H groups in total. The van der Waals surface area contributed by atoms with Crippen molar-refractivity contribution in [1.82, 2.24) is 4.98 Å². The number of hydrogen-bond acceptors (Lipinski definition) is 4. The van der Waals surface area contributed by atoms with Gasteiger partial charge in [0.25, 0.3) is 0 Å². The predicted octanol–water partition coefficient (Wildman–Crippen LogP) is 3.30. The van der Waals surface area contributed by atoms with Crippen molar-refractivity contribution in [1.29, 1.82) is 0 Å². The molecule has 4 nitrogen and oxygen atoms in total. The van der Waals surface area contributed by atoms with Crippen LogP contribution in [-0.4, -0.2) is 13.4 Å². The summed E-state index contributed by atoms with van der Waals surface area (Å²) in [6, 6.07) is 14.8. The van der Waals surface area contributed by atoms with Gasteiger partial charge in [0.1, 0.15) is 0 Å². The summed E-state index contributed by atoms with van der Waals surface area (Å²) in [5.74, 6) is 0. The molecule has 0 aliphatic heterocycles. The van der Waals surface area contributed by atoms with Gasteiger partial charge in [-0.3, -0.25) is 0 Å². The molecule has 0 amide bonds. The van der Waals surface area contributed by atoms with Crippen molar-refractivity contribution in [3.8, 4) is 0 Å². The van der Waals surface area contributed by atoms with E-state index in [4.69, 9.17) is 17.3 Å². The van der Waals surface area contributed by atoms with Crippen LogP contribution >= 0.6 is 11.6 Å². The van der Waals surface area contributed by atoms with Crippen molar-refractivity contribution in [2.45, 2.75) is 9.92 Å². The van der Waals surface area contributed by atoms with Crippen LogP contribution in [0.4, 0.5) is 5.69 Å². The molecule has 1 aromatic heterocycles. The van der Waals surface area contributed by atoms with E-state index in [1.165, 1.54) is 12.1 Å². The first kappa shape index (κ1) is 13.9. The standard InChI is InChI=1S/C15H11ClN2O2S/c16-12-9-10-5-4-8-13(17)14(10)18-15(12)21(19,20)11-6-2-1-3-7-11/h1-9H,17H2. The number of sulfone groups is 1. The number of benzene rings is 2. The highest BCUT2D eigenvalue weighted by Crippen LogP contribution is 2.30. The minimum atomic E-state index is -3.78. The third-order valence-electron chi connectivity index (χ3n) is 3.11. The number of anilines is 1. The maximum absolute atomic E-state index is 12.6. The zero-order valence-electron chi connectivity index (χ0n) is 10.8. The van der Waals surface area contributed by atoms with E-state index in [0.717, 1.165) is 0 Å². The van der Waals surface area contributed by atoms with Crippen molar-refractivity contribution in [3.05, 3.63) is 59.6 Å². The molecular weight excluding hydrogens is 308 g/mol. The van der Waals surface area contributed by atoms with Crippen LogP contribution < -0.4 is 5.73 Å². The van der Waals surface area contributed by atoms with Gasteiger partial charge in [-0.05, 0) is 24.3 Å². The molecule has 0 aliphatic carbocycles. The summed E-state index contributed by atoms with van der Waals surface area (Å²) >= 11 is 6.11. The van der Waals surface area contributed by atoms with Crippen molar-refractivity contribution >= 4 is 38.0 Å². The average Bonchev–Trinajstić information content (AvgIpc) is 2.47. The molecule has 0 atom stereocenters. The van der Waals surface area contributed by atoms with Gasteiger partial charge in [-0.2, -0.15) is 0 Å². The summed E-state index contributed by atoms with van der Waals surface area (Å²) in [5.41, 5.74) is 6.69. The Balaban J connectivity index is 2.30. The number of aromatic nitrogens is 1. The van der Waals surface area contributed by atoms with E-state index >= 15 is 0 Å². The first-order valence-electron chi connectivity index (χ1n) is 6.15. The fourth-order valence-electron chi connectivity index (χ4n) is 2.08. The molecular formula is C15H11ClN2O2S. The normalized spacial score (nSPS) is 11.7. The molecule has 6 heteroatoms. The quantitative estimate of drug-likeness (QED) is 0.736. The summed E-state index contributed by atoms with van der Waals surface area (Å²) in [5, 5.41) is 0.602. The lowest BCUT2D eigenvalue weighted by Gasteiger charge is -2.08. The van der Waals surface area contributed by atoms with Crippen LogP contribution in [-0.2, 0) is 9.84 Å². The first-order chi connectivity index (χ1) is 10.00. The Hall–Kier alpha value is -2.11. The van der Waals surface area contributed by atoms with Gasteiger partial charge in [0, 0.05) is 5.39 Å². The summed E-state index contributed by atoms with van der Waals surface area (Å²) in [4.78, 5) is 4.32. The average molecular weight is 319 g/mol. The molecule has 0 spiro atoms. The zero-order chi connectivity index (χ0) is 15.0. The van der Waals surface area contributed by atoms with Crippen LogP contribution in [0.2, 0.25) is 5.02 Å². The van der Waals surface area contributed by atoms with E-state index in [9.17, 15) is 8.42 Å². The van der Waals surface area contributed by atoms with Crippen LogP contribution in [0, 0.1) is 0 Å². The molecule has 0 aliphatic rings. The van der Waals surface area contributed by atoms with Crippen molar-refractivity contribution in [3.63, 3.8) is 0 Å². The Kier molecular flexibility index (Phi) is 3.31. The molecule has 0 fully saturated rings. The fourth-order valence-corrected chi connectivity index (χ4v) is 3.81.